The first-order valence-corrected chi connectivity index (χ1v) is 4.89. The maximum Gasteiger partial charge on any atom is 0.0587 e. The number of hydrogen-bond acceptors (Lipinski definition) is 4. The molecule has 0 aliphatic heterocycles. The van der Waals surface area contributed by atoms with Crippen molar-refractivity contribution in [3.8, 4) is 0 Å². The Morgan fingerprint density at radius 1 is 1.58 bits per heavy atom. The molecular weight excluding hydrogens is 170 g/mol. The quantitative estimate of drug-likeness (QED) is 0.273. The lowest BCUT2D eigenvalue weighted by Crippen LogP contribution is -2.34. The number of aryl methyl sites for hydroxylation is 1. The predicted octanol–water partition coefficient (Wildman–Crippen LogP) is 0.609. The van der Waals surface area contributed by atoms with Crippen LogP contribution in [0.2, 0.25) is 0 Å². The molecule has 0 spiro atoms. The normalized spacial score (nSPS) is 10.5. The van der Waals surface area contributed by atoms with Crippen LogP contribution in [0.5, 0.6) is 0 Å². The van der Waals surface area contributed by atoms with Crippen LogP contribution in [0.25, 0.3) is 0 Å². The van der Waals surface area contributed by atoms with E-state index in [2.05, 4.69) is 29.1 Å². The van der Waals surface area contributed by atoms with Gasteiger partial charge in [-0.2, -0.15) is 0 Å². The molecule has 0 radical (unpaired) electrons. The average molecular weight is 185 g/mol. The molecule has 1 aromatic rings. The van der Waals surface area contributed by atoms with E-state index in [1.807, 2.05) is 11.3 Å². The summed E-state index contributed by atoms with van der Waals surface area (Å²) in [6.07, 6.45) is 1.09. The second-order valence-corrected chi connectivity index (χ2v) is 3.66. The summed E-state index contributed by atoms with van der Waals surface area (Å²) in [6.45, 7) is 3.79. The zero-order chi connectivity index (χ0) is 8.81. The van der Waals surface area contributed by atoms with Gasteiger partial charge in [-0.1, -0.05) is 0 Å². The van der Waals surface area contributed by atoms with Gasteiger partial charge >= 0.3 is 0 Å². The number of rotatable bonds is 5. The topological polar surface area (TPSA) is 50.1 Å². The van der Waals surface area contributed by atoms with E-state index in [-0.39, 0.29) is 0 Å². The van der Waals surface area contributed by atoms with Crippen molar-refractivity contribution < 1.29 is 0 Å². The largest absolute Gasteiger partial charge is 0.303 e. The van der Waals surface area contributed by atoms with Crippen LogP contribution >= 0.6 is 11.3 Å². The van der Waals surface area contributed by atoms with E-state index < -0.39 is 0 Å². The van der Waals surface area contributed by atoms with Gasteiger partial charge in [0.1, 0.15) is 0 Å². The van der Waals surface area contributed by atoms with Gasteiger partial charge in [-0.25, -0.2) is 5.43 Å². The van der Waals surface area contributed by atoms with Crippen LogP contribution in [0.15, 0.2) is 11.4 Å². The van der Waals surface area contributed by atoms with Crippen LogP contribution in [0.3, 0.4) is 0 Å². The lowest BCUT2D eigenvalue weighted by Gasteiger charge is -2.02. The molecule has 1 rings (SSSR count). The second-order valence-electron chi connectivity index (χ2n) is 2.66. The molecule has 1 aromatic heterocycles. The number of hydrogen-bond donors (Lipinski definition) is 3. The fraction of sp³-hybridized carbons (Fsp3) is 0.500. The molecule has 12 heavy (non-hydrogen) atoms. The van der Waals surface area contributed by atoms with Crippen molar-refractivity contribution in [2.75, 3.05) is 13.2 Å². The van der Waals surface area contributed by atoms with Gasteiger partial charge in [0, 0.05) is 11.4 Å². The van der Waals surface area contributed by atoms with Gasteiger partial charge in [0.15, 0.2) is 0 Å². The lowest BCUT2D eigenvalue weighted by atomic mass is 10.2. The summed E-state index contributed by atoms with van der Waals surface area (Å²) < 4.78 is 0. The van der Waals surface area contributed by atoms with Crippen molar-refractivity contribution in [2.24, 2.45) is 5.84 Å². The van der Waals surface area contributed by atoms with Gasteiger partial charge < -0.3 is 5.32 Å². The zero-order valence-corrected chi connectivity index (χ0v) is 8.08. The van der Waals surface area contributed by atoms with E-state index in [0.717, 1.165) is 13.0 Å². The molecule has 0 aliphatic rings. The Labute approximate surface area is 76.9 Å². The molecule has 4 N–H and O–H groups in total. The highest BCUT2D eigenvalue weighted by Gasteiger charge is 1.97. The highest BCUT2D eigenvalue weighted by Crippen LogP contribution is 2.15. The first-order chi connectivity index (χ1) is 5.84. The summed E-state index contributed by atoms with van der Waals surface area (Å²) in [5.41, 5.74) is 3.95. The summed E-state index contributed by atoms with van der Waals surface area (Å²) in [7, 11) is 0. The molecule has 1 heterocycles. The van der Waals surface area contributed by atoms with Crippen LogP contribution < -0.4 is 16.6 Å². The summed E-state index contributed by atoms with van der Waals surface area (Å²) in [5.74, 6) is 5.11. The molecule has 3 nitrogen and oxygen atoms in total. The van der Waals surface area contributed by atoms with E-state index in [9.17, 15) is 0 Å². The van der Waals surface area contributed by atoms with Crippen LogP contribution in [0.1, 0.15) is 10.4 Å². The Bertz CT molecular complexity index is 222. The van der Waals surface area contributed by atoms with Crippen molar-refractivity contribution in [1.82, 2.24) is 10.7 Å². The minimum absolute atomic E-state index is 0.671. The van der Waals surface area contributed by atoms with Crippen LogP contribution in [-0.2, 0) is 6.42 Å². The minimum atomic E-state index is 0.671. The molecule has 0 fully saturated rings. The third-order valence-corrected chi connectivity index (χ3v) is 2.81. The molecule has 0 bridgehead atoms. The van der Waals surface area contributed by atoms with Gasteiger partial charge in [-0.3, -0.25) is 5.84 Å². The average Bonchev–Trinajstić information content (AvgIpc) is 2.46. The molecular formula is C8H15N3S. The molecule has 68 valence electrons. The zero-order valence-electron chi connectivity index (χ0n) is 7.26. The summed E-state index contributed by atoms with van der Waals surface area (Å²) >= 11 is 1.82. The van der Waals surface area contributed by atoms with Crippen molar-refractivity contribution in [2.45, 2.75) is 13.3 Å². The van der Waals surface area contributed by atoms with Crippen molar-refractivity contribution in [3.05, 3.63) is 21.9 Å². The van der Waals surface area contributed by atoms with Crippen molar-refractivity contribution >= 4 is 11.3 Å². The molecule has 0 amide bonds. The predicted molar refractivity (Wildman–Crippen MR) is 53.0 cm³/mol. The fourth-order valence-corrected chi connectivity index (χ4v) is 1.93. The van der Waals surface area contributed by atoms with Gasteiger partial charge in [-0.15, -0.1) is 11.3 Å². The molecule has 0 aliphatic carbocycles. The fourth-order valence-electron chi connectivity index (χ4n) is 1.02. The lowest BCUT2D eigenvalue weighted by molar-refractivity contribution is 0.603. The van der Waals surface area contributed by atoms with E-state index in [4.69, 9.17) is 5.84 Å². The summed E-state index contributed by atoms with van der Waals surface area (Å²) in [6, 6.07) is 2.15. The van der Waals surface area contributed by atoms with Crippen molar-refractivity contribution in [1.29, 1.82) is 0 Å². The number of thiophene rings is 1. The van der Waals surface area contributed by atoms with Gasteiger partial charge in [-0.05, 0) is 30.4 Å². The molecule has 0 aromatic carbocycles. The third-order valence-electron chi connectivity index (χ3n) is 1.72. The van der Waals surface area contributed by atoms with Gasteiger partial charge in [0.25, 0.3) is 0 Å². The van der Waals surface area contributed by atoms with E-state index >= 15 is 0 Å². The van der Waals surface area contributed by atoms with E-state index in [1.165, 1.54) is 10.4 Å². The Kier molecular flexibility index (Phi) is 4.24. The summed E-state index contributed by atoms with van der Waals surface area (Å²) in [4.78, 5) is 1.46. The molecule has 0 unspecified atom stereocenters. The standard InChI is InChI=1S/C8H15N3S/c1-7-3-5-12-8(7)2-4-10-6-11-9/h3,5,10-11H,2,4,6,9H2,1H3. The number of nitrogens with two attached hydrogens (primary N) is 1. The van der Waals surface area contributed by atoms with Crippen LogP contribution in [-0.4, -0.2) is 13.2 Å². The molecule has 0 saturated heterocycles. The van der Waals surface area contributed by atoms with Crippen molar-refractivity contribution in [3.63, 3.8) is 0 Å². The monoisotopic (exact) mass is 185 g/mol. The SMILES string of the molecule is Cc1ccsc1CCNCNN. The maximum atomic E-state index is 5.11. The van der Waals surface area contributed by atoms with Crippen LogP contribution in [0.4, 0.5) is 0 Å². The number of nitrogens with one attached hydrogen (secondary N) is 2. The van der Waals surface area contributed by atoms with Crippen LogP contribution in [0, 0.1) is 6.92 Å². The molecule has 0 saturated carbocycles. The molecule has 4 heteroatoms. The Morgan fingerprint density at radius 3 is 3.00 bits per heavy atom. The highest BCUT2D eigenvalue weighted by atomic mass is 32.1. The number of hydrazine groups is 1. The third kappa shape index (κ3) is 2.91. The minimum Gasteiger partial charge on any atom is -0.303 e. The summed E-state index contributed by atoms with van der Waals surface area (Å²) in [5, 5.41) is 5.30. The maximum absolute atomic E-state index is 5.11. The smallest absolute Gasteiger partial charge is 0.0587 e. The van der Waals surface area contributed by atoms with Gasteiger partial charge in [0.2, 0.25) is 0 Å². The van der Waals surface area contributed by atoms with E-state index in [1.54, 1.807) is 0 Å². The van der Waals surface area contributed by atoms with E-state index in [0.29, 0.717) is 6.67 Å². The Balaban J connectivity index is 2.20. The Hall–Kier alpha value is -0.420. The highest BCUT2D eigenvalue weighted by molar-refractivity contribution is 7.10. The Morgan fingerprint density at radius 2 is 2.42 bits per heavy atom. The first-order valence-electron chi connectivity index (χ1n) is 4.01. The second kappa shape index (κ2) is 5.27. The molecule has 0 atom stereocenters. The first kappa shape index (κ1) is 9.67. The van der Waals surface area contributed by atoms with Gasteiger partial charge in [0.05, 0.1) is 6.67 Å².